The molecule has 0 atom stereocenters. The van der Waals surface area contributed by atoms with Crippen LogP contribution in [-0.4, -0.2) is 0 Å². The number of rotatable bonds is 0. The van der Waals surface area contributed by atoms with Gasteiger partial charge in [-0.2, -0.15) is 0 Å². The molecule has 0 fully saturated rings. The maximum atomic E-state index is 8.48. The fourth-order valence-electron chi connectivity index (χ4n) is 0. The summed E-state index contributed by atoms with van der Waals surface area (Å²) in [6.07, 6.45) is 0. The van der Waals surface area contributed by atoms with Crippen molar-refractivity contribution in [1.82, 2.24) is 0 Å². The first-order chi connectivity index (χ1) is 1.73. The summed E-state index contributed by atoms with van der Waals surface area (Å²) in [5.74, 6) is 0. The van der Waals surface area contributed by atoms with Crippen molar-refractivity contribution in [3.8, 4) is 0 Å². The van der Waals surface area contributed by atoms with Crippen molar-refractivity contribution in [3.63, 3.8) is 0 Å². The Morgan fingerprint density at radius 2 is 0.636 bits per heavy atom. The van der Waals surface area contributed by atoms with Gasteiger partial charge < -0.3 is 9.79 Å². The number of hydrogen-bond acceptors (Lipinski definition) is 3. The van der Waals surface area contributed by atoms with Crippen LogP contribution in [0, 0.1) is 0 Å². The summed E-state index contributed by atoms with van der Waals surface area (Å²) in [5.41, 5.74) is 0. The number of hydrogen-bond donors (Lipinski definition) is 0. The van der Waals surface area contributed by atoms with Crippen molar-refractivity contribution in [2.75, 3.05) is 0 Å². The van der Waals surface area contributed by atoms with Gasteiger partial charge in [-0.3, -0.25) is 0 Å². The summed E-state index contributed by atoms with van der Waals surface area (Å²) in [6, 6.07) is 0. The van der Waals surface area contributed by atoms with Crippen molar-refractivity contribution in [2.45, 2.75) is 0 Å². The van der Waals surface area contributed by atoms with Gasteiger partial charge in [-0.05, 0) is 0 Å². The molecule has 3 nitrogen and oxygen atoms in total. The first-order valence-electron chi connectivity index (χ1n) is 0.548. The molecule has 11 heteroatoms. The molecule has 0 spiro atoms. The van der Waals surface area contributed by atoms with E-state index < -0.39 is 8.25 Å². The van der Waals surface area contributed by atoms with Crippen molar-refractivity contribution in [1.29, 1.82) is 0 Å². The Morgan fingerprint density at radius 3 is 0.636 bits per heavy atom. The molecule has 0 aliphatic carbocycles. The van der Waals surface area contributed by atoms with Gasteiger partial charge in [0.2, 0.25) is 0 Å². The second kappa shape index (κ2) is 43.5. The molecule has 0 aromatic carbocycles. The Bertz CT molecular complexity index is 36.7. The summed E-state index contributed by atoms with van der Waals surface area (Å²) in [6.45, 7) is 0. The molecular weight excluding hydrogens is 240 g/mol. The minimum atomic E-state index is -3.37. The van der Waals surface area contributed by atoms with Crippen LogP contribution >= 0.6 is 8.25 Å². The Kier molecular flexibility index (Phi) is 206. The minimum absolute atomic E-state index is 0. The molecule has 0 aliphatic heterocycles. The molecule has 0 aliphatic rings. The first kappa shape index (κ1) is 52.0. The summed E-state index contributed by atoms with van der Waals surface area (Å²) in [5, 5.41) is 0. The Morgan fingerprint density at radius 1 is 0.636 bits per heavy atom. The topological polar surface area (TPSA) is 63.2 Å². The van der Waals surface area contributed by atoms with E-state index in [0.29, 0.717) is 0 Å². The van der Waals surface area contributed by atoms with E-state index in [1.54, 1.807) is 0 Å². The monoisotopic (exact) mass is 240 g/mol. The molecule has 24 valence electrons. The predicted octanol–water partition coefficient (Wildman–Crippen LogP) is -22.6. The summed E-state index contributed by atoms with van der Waals surface area (Å²) in [4.78, 5) is 17.0. The van der Waals surface area contributed by atoms with Crippen LogP contribution < -0.4 is 217 Å². The molecule has 0 amide bonds. The first-order valence-corrected chi connectivity index (χ1v) is 1.64. The van der Waals surface area contributed by atoms with Crippen LogP contribution in [0.15, 0.2) is 0 Å². The van der Waals surface area contributed by atoms with E-state index >= 15 is 0 Å². The van der Waals surface area contributed by atoms with Crippen molar-refractivity contribution in [2.24, 2.45) is 0 Å². The molecule has 0 radical (unpaired) electrons. The van der Waals surface area contributed by atoms with E-state index in [-0.39, 0.29) is 207 Å². The van der Waals surface area contributed by atoms with Gasteiger partial charge in [-0.15, -0.1) is 0 Å². The molecule has 0 aromatic rings. The van der Waals surface area contributed by atoms with Crippen LogP contribution in [0.2, 0.25) is 0 Å². The van der Waals surface area contributed by atoms with Gasteiger partial charge in [0, 0.05) is 0 Å². The van der Waals surface area contributed by atoms with Gasteiger partial charge in [0.05, 0.1) is 0 Å². The van der Waals surface area contributed by atoms with Gasteiger partial charge in [0.15, 0.2) is 0 Å². The predicted molar refractivity (Wildman–Crippen MR) is 7.61 cm³/mol. The van der Waals surface area contributed by atoms with Gasteiger partial charge in [-0.1, -0.05) is 4.57 Å². The summed E-state index contributed by atoms with van der Waals surface area (Å²) in [7, 11) is -3.37. The van der Waals surface area contributed by atoms with Crippen LogP contribution in [0.3, 0.4) is 0 Å². The van der Waals surface area contributed by atoms with E-state index in [1.165, 1.54) is 0 Å². The van der Waals surface area contributed by atoms with Crippen molar-refractivity contribution < 1.29 is 221 Å². The molecule has 0 unspecified atom stereocenters. The third kappa shape index (κ3) is 77.9. The maximum Gasteiger partial charge on any atom is 1.00 e. The van der Waals surface area contributed by atoms with Crippen LogP contribution in [0.25, 0.3) is 0 Å². The average molecular weight is 240 g/mol. The molecule has 0 saturated heterocycles. The molecule has 0 heterocycles. The van der Waals surface area contributed by atoms with Gasteiger partial charge in [0.1, 0.15) is 0 Å². The van der Waals surface area contributed by atoms with Crippen LogP contribution in [0.1, 0.15) is 0 Å². The smallest absolute Gasteiger partial charge is 0.598 e. The Balaban J connectivity index is -0.00000000214. The fraction of sp³-hybridized carbons (Fsp3) is 0. The van der Waals surface area contributed by atoms with Gasteiger partial charge >= 0.3 is 207 Å². The van der Waals surface area contributed by atoms with Gasteiger partial charge in [0.25, 0.3) is 8.25 Å². The van der Waals surface area contributed by atoms with Gasteiger partial charge in [-0.25, -0.2) is 0 Å². The second-order valence-electron chi connectivity index (χ2n) is 0.224. The largest absolute Gasteiger partial charge is 1.00 e. The Labute approximate surface area is 223 Å². The molecule has 11 heavy (non-hydrogen) atoms. The summed E-state index contributed by atoms with van der Waals surface area (Å²) < 4.78 is 8.48. The van der Waals surface area contributed by atoms with Crippen molar-refractivity contribution >= 4 is 8.25 Å². The average Bonchev–Trinajstić information content (AvgIpc) is 0.811. The van der Waals surface area contributed by atoms with E-state index in [1.807, 2.05) is 0 Å². The Hall–Kier alpha value is 7.02. The summed E-state index contributed by atoms with van der Waals surface area (Å²) >= 11 is 0. The molecule has 0 aromatic heterocycles. The third-order valence-electron chi connectivity index (χ3n) is 0. The van der Waals surface area contributed by atoms with E-state index in [9.17, 15) is 0 Å². The SMILES string of the molecule is O=[P+]([O-])[O-].[Na+].[Na+].[Na+].[Na+].[Na+].[Na+].[Na+]. The quantitative estimate of drug-likeness (QED) is 0.312. The van der Waals surface area contributed by atoms with Crippen molar-refractivity contribution in [3.05, 3.63) is 0 Å². The third-order valence-corrected chi connectivity index (χ3v) is 0. The van der Waals surface area contributed by atoms with E-state index in [2.05, 4.69) is 0 Å². The van der Waals surface area contributed by atoms with E-state index in [4.69, 9.17) is 14.4 Å². The van der Waals surface area contributed by atoms with Crippen LogP contribution in [0.4, 0.5) is 0 Å². The molecule has 0 N–H and O–H groups in total. The second-order valence-corrected chi connectivity index (χ2v) is 0.671. The standard InChI is InChI=1S/7Na.HO3P/c;;;;;;;1-4(2)3/h;;;;;;;(H,1,2,3)/q7*+1;/p-1. The zero-order valence-corrected chi connectivity index (χ0v) is 23.6. The zero-order chi connectivity index (χ0) is 3.58. The molecular formula is Na7O3P+6. The molecule has 0 bridgehead atoms. The molecule has 0 saturated carbocycles. The van der Waals surface area contributed by atoms with Crippen LogP contribution in [0.5, 0.6) is 0 Å². The zero-order valence-electron chi connectivity index (χ0n) is 8.67. The molecule has 0 rings (SSSR count). The fourth-order valence-corrected chi connectivity index (χ4v) is 0. The normalized spacial score (nSPS) is 2.36. The minimum Gasteiger partial charge on any atom is -0.598 e. The maximum absolute atomic E-state index is 8.48. The van der Waals surface area contributed by atoms with E-state index in [0.717, 1.165) is 0 Å². The van der Waals surface area contributed by atoms with Crippen LogP contribution in [-0.2, 0) is 4.57 Å².